The molecule has 2 aliphatic heterocycles. The van der Waals surface area contributed by atoms with Gasteiger partial charge in [-0.25, -0.2) is 8.42 Å². The molecular weight excluding hydrogens is 871 g/mol. The van der Waals surface area contributed by atoms with Gasteiger partial charge in [0.1, 0.15) is 17.2 Å². The molecule has 358 valence electrons. The number of oxime groups is 1. The van der Waals surface area contributed by atoms with Gasteiger partial charge in [0.2, 0.25) is 28.0 Å². The zero-order valence-corrected chi connectivity index (χ0v) is 39.5. The molecule has 0 aromatic heterocycles. The van der Waals surface area contributed by atoms with Crippen LogP contribution in [0.25, 0.3) is 10.8 Å². The SMILES string of the molecule is C=CCOC12Oc3ccc(Oc4ccc5ccccc5c4)cc3C3C(CCCCO)C(CCCCO)C=C(C(=NOC4CCCCO4)CC1N(CCC)S(=O)(=O)c1ccc(NC(C)=O)cc1)C32. The molecule has 4 aliphatic rings. The average Bonchev–Trinajstić information content (AvgIpc) is 3.33. The zero-order chi connectivity index (χ0) is 47.0. The standard InChI is InChI=1S/C53H65N3O10S/c1-4-27-56(67(60,61)43-24-20-40(21-25-43)54-36(3)59)49-35-47(55-66-50-18-10-13-31-62-50)45-33-39(16-8-11-28-57)44(17-9-12-29-58)51-46-34-42(64-41-22-19-37-14-6-7-15-38(37)32-41)23-26-48(46)65-53(49,52(45)51)63-30-5-2/h5-7,14-15,19-26,32-34,39,44,49-52,57-58H,2,4,8-13,16-18,27-31,35H2,1,3H3,(H,54,59). The molecule has 4 aromatic rings. The Hall–Kier alpha value is -5.09. The minimum atomic E-state index is -4.27. The Morgan fingerprint density at radius 2 is 1.70 bits per heavy atom. The molecule has 0 radical (unpaired) electrons. The first-order valence-corrected chi connectivity index (χ1v) is 25.5. The molecule has 2 fully saturated rings. The number of fused-ring (bicyclic) bond motifs is 3. The Kier molecular flexibility index (Phi) is 15.8. The number of ether oxygens (including phenoxy) is 4. The quantitative estimate of drug-likeness (QED) is 0.0416. The minimum Gasteiger partial charge on any atom is -0.460 e. The molecule has 2 aliphatic carbocycles. The van der Waals surface area contributed by atoms with E-state index in [1.165, 1.54) is 23.4 Å². The number of nitrogens with zero attached hydrogens (tertiary/aromatic N) is 2. The fourth-order valence-electron chi connectivity index (χ4n) is 10.7. The van der Waals surface area contributed by atoms with Gasteiger partial charge in [0.15, 0.2) is 0 Å². The molecule has 14 heteroatoms. The lowest BCUT2D eigenvalue weighted by atomic mass is 9.55. The highest BCUT2D eigenvalue weighted by molar-refractivity contribution is 7.89. The molecule has 3 N–H and O–H groups in total. The predicted molar refractivity (Wildman–Crippen MR) is 259 cm³/mol. The number of rotatable bonds is 21. The first-order valence-electron chi connectivity index (χ1n) is 24.0. The van der Waals surface area contributed by atoms with Crippen molar-refractivity contribution in [2.45, 2.75) is 113 Å². The van der Waals surface area contributed by atoms with E-state index in [1.807, 2.05) is 49.4 Å². The lowest BCUT2D eigenvalue weighted by Gasteiger charge is -2.59. The van der Waals surface area contributed by atoms with Crippen LogP contribution in [0.15, 0.2) is 119 Å². The second-order valence-corrected chi connectivity index (χ2v) is 20.0. The number of hydrogen-bond acceptors (Lipinski definition) is 11. The van der Waals surface area contributed by atoms with Gasteiger partial charge in [-0.3, -0.25) is 4.79 Å². The Morgan fingerprint density at radius 3 is 2.42 bits per heavy atom. The van der Waals surface area contributed by atoms with Gasteiger partial charge in [-0.1, -0.05) is 67.4 Å². The fourth-order valence-corrected chi connectivity index (χ4v) is 12.4. The summed E-state index contributed by atoms with van der Waals surface area (Å²) in [6, 6.07) is 25.3. The van der Waals surface area contributed by atoms with Crippen LogP contribution >= 0.6 is 0 Å². The lowest BCUT2D eigenvalue weighted by molar-refractivity contribution is -0.251. The molecule has 8 rings (SSSR count). The topological polar surface area (TPSA) is 165 Å². The molecule has 0 bridgehead atoms. The summed E-state index contributed by atoms with van der Waals surface area (Å²) in [5.74, 6) is -0.919. The van der Waals surface area contributed by atoms with Crippen LogP contribution in [-0.2, 0) is 29.1 Å². The second kappa shape index (κ2) is 21.9. The number of nitrogens with one attached hydrogen (secondary N) is 1. The van der Waals surface area contributed by atoms with Crippen molar-refractivity contribution in [3.63, 3.8) is 0 Å². The van der Waals surface area contributed by atoms with E-state index in [4.69, 9.17) is 28.9 Å². The normalized spacial score (nSPS) is 25.1. The van der Waals surface area contributed by atoms with Crippen molar-refractivity contribution in [2.24, 2.45) is 22.9 Å². The highest BCUT2D eigenvalue weighted by atomic mass is 32.2. The van der Waals surface area contributed by atoms with Gasteiger partial charge < -0.3 is 39.3 Å². The zero-order valence-electron chi connectivity index (χ0n) is 38.7. The van der Waals surface area contributed by atoms with Crippen molar-refractivity contribution in [1.29, 1.82) is 0 Å². The first-order chi connectivity index (χ1) is 32.6. The molecule has 67 heavy (non-hydrogen) atoms. The molecule has 1 amide bonds. The van der Waals surface area contributed by atoms with E-state index < -0.39 is 34.1 Å². The van der Waals surface area contributed by atoms with E-state index in [0.717, 1.165) is 60.4 Å². The number of aliphatic hydroxyl groups is 2. The third kappa shape index (κ3) is 10.5. The lowest BCUT2D eigenvalue weighted by Crippen LogP contribution is -2.70. The molecule has 0 spiro atoms. The van der Waals surface area contributed by atoms with E-state index >= 15 is 8.42 Å². The summed E-state index contributed by atoms with van der Waals surface area (Å²) in [5, 5.41) is 29.9. The van der Waals surface area contributed by atoms with Crippen LogP contribution in [-0.4, -0.2) is 85.6 Å². The number of allylic oxidation sites excluding steroid dienone is 1. The van der Waals surface area contributed by atoms with Crippen molar-refractivity contribution in [2.75, 3.05) is 38.3 Å². The first kappa shape index (κ1) is 48.4. The molecule has 2 heterocycles. The molecule has 1 saturated heterocycles. The van der Waals surface area contributed by atoms with E-state index in [9.17, 15) is 15.0 Å². The van der Waals surface area contributed by atoms with Gasteiger partial charge >= 0.3 is 0 Å². The Labute approximate surface area is 394 Å². The van der Waals surface area contributed by atoms with Crippen LogP contribution < -0.4 is 14.8 Å². The van der Waals surface area contributed by atoms with Crippen LogP contribution in [0.1, 0.15) is 96.0 Å². The molecule has 4 aromatic carbocycles. The average molecular weight is 936 g/mol. The van der Waals surface area contributed by atoms with Gasteiger partial charge in [-0.15, -0.1) is 6.58 Å². The Balaban J connectivity index is 1.33. The van der Waals surface area contributed by atoms with Crippen LogP contribution in [0.3, 0.4) is 0 Å². The van der Waals surface area contributed by atoms with Crippen LogP contribution in [0.5, 0.6) is 17.2 Å². The third-order valence-corrected chi connectivity index (χ3v) is 15.5. The summed E-state index contributed by atoms with van der Waals surface area (Å²) in [6.07, 6.45) is 10.9. The number of carbonyl (C=O) groups excluding carboxylic acids is 1. The predicted octanol–water partition coefficient (Wildman–Crippen LogP) is 9.85. The number of sulfonamides is 1. The minimum absolute atomic E-state index is 0.0138. The van der Waals surface area contributed by atoms with Gasteiger partial charge in [0.25, 0.3) is 0 Å². The smallest absolute Gasteiger partial charge is 0.243 e. The summed E-state index contributed by atoms with van der Waals surface area (Å²) in [6.45, 7) is 8.27. The number of benzene rings is 4. The van der Waals surface area contributed by atoms with Crippen molar-refractivity contribution in [3.05, 3.63) is 115 Å². The third-order valence-electron chi connectivity index (χ3n) is 13.6. The van der Waals surface area contributed by atoms with Crippen molar-refractivity contribution < 1.29 is 47.2 Å². The van der Waals surface area contributed by atoms with E-state index in [-0.39, 0.29) is 61.3 Å². The number of carbonyl (C=O) groups is 1. The number of aliphatic hydroxyl groups excluding tert-OH is 2. The molecule has 13 nitrogen and oxygen atoms in total. The number of amides is 1. The second-order valence-electron chi connectivity index (χ2n) is 18.1. The maximum absolute atomic E-state index is 15.3. The Morgan fingerprint density at radius 1 is 0.955 bits per heavy atom. The molecule has 7 atom stereocenters. The Bertz CT molecular complexity index is 2520. The molecular formula is C53H65N3O10S. The summed E-state index contributed by atoms with van der Waals surface area (Å²) in [5.41, 5.74) is 2.85. The summed E-state index contributed by atoms with van der Waals surface area (Å²) in [7, 11) is -4.27. The largest absolute Gasteiger partial charge is 0.460 e. The van der Waals surface area contributed by atoms with Crippen molar-refractivity contribution in [1.82, 2.24) is 4.31 Å². The monoisotopic (exact) mass is 935 g/mol. The van der Waals surface area contributed by atoms with E-state index in [0.29, 0.717) is 60.9 Å². The van der Waals surface area contributed by atoms with Crippen LogP contribution in [0.2, 0.25) is 0 Å². The maximum Gasteiger partial charge on any atom is 0.243 e. The molecule has 1 saturated carbocycles. The number of unbranched alkanes of at least 4 members (excludes halogenated alkanes) is 2. The van der Waals surface area contributed by atoms with E-state index in [1.54, 1.807) is 18.2 Å². The summed E-state index contributed by atoms with van der Waals surface area (Å²) >= 11 is 0. The van der Waals surface area contributed by atoms with Gasteiger partial charge in [0, 0.05) is 56.7 Å². The van der Waals surface area contributed by atoms with Crippen LogP contribution in [0, 0.1) is 17.8 Å². The van der Waals surface area contributed by atoms with Gasteiger partial charge in [-0.2, -0.15) is 4.31 Å². The molecule has 7 unspecified atom stereocenters. The maximum atomic E-state index is 15.3. The van der Waals surface area contributed by atoms with Crippen LogP contribution in [0.4, 0.5) is 5.69 Å². The highest BCUT2D eigenvalue weighted by Gasteiger charge is 2.66. The van der Waals surface area contributed by atoms with Crippen molar-refractivity contribution >= 4 is 38.1 Å². The van der Waals surface area contributed by atoms with Gasteiger partial charge in [-0.05, 0) is 128 Å². The number of anilines is 1. The highest BCUT2D eigenvalue weighted by Crippen LogP contribution is 2.62. The van der Waals surface area contributed by atoms with E-state index in [2.05, 4.69) is 36.2 Å². The summed E-state index contributed by atoms with van der Waals surface area (Å²) < 4.78 is 59.3. The van der Waals surface area contributed by atoms with Gasteiger partial charge in [0.05, 0.1) is 35.8 Å². The number of hydrogen-bond donors (Lipinski definition) is 3. The van der Waals surface area contributed by atoms with Crippen molar-refractivity contribution in [3.8, 4) is 17.2 Å². The summed E-state index contributed by atoms with van der Waals surface area (Å²) in [4.78, 5) is 18.2. The fraction of sp³-hybridized carbons (Fsp3) is 0.472.